The van der Waals surface area contributed by atoms with Crippen molar-refractivity contribution < 1.29 is 9.53 Å². The molecule has 2 aromatic rings. The summed E-state index contributed by atoms with van der Waals surface area (Å²) in [5, 5.41) is 3.18. The van der Waals surface area contributed by atoms with Crippen LogP contribution >= 0.6 is 0 Å². The Labute approximate surface area is 162 Å². The van der Waals surface area contributed by atoms with Crippen LogP contribution in [0, 0.1) is 13.8 Å². The molecule has 0 spiro atoms. The van der Waals surface area contributed by atoms with Crippen LogP contribution in [-0.2, 0) is 0 Å². The zero-order chi connectivity index (χ0) is 19.2. The van der Waals surface area contributed by atoms with Crippen LogP contribution in [0.4, 0.5) is 0 Å². The van der Waals surface area contributed by atoms with Crippen molar-refractivity contribution in [2.45, 2.75) is 39.2 Å². The number of carbonyl (C=O) groups is 1. The standard InChI is InChI=1S/C23H30N2O2/c1-17-8-7-9-21(18(17)2)23(26)24-16-22(25-14-5-4-6-15-25)19-10-12-20(27-3)13-11-19/h7-13,22H,4-6,14-16H2,1-3H3,(H,24,26). The van der Waals surface area contributed by atoms with E-state index in [1.54, 1.807) is 7.11 Å². The monoisotopic (exact) mass is 366 g/mol. The Hall–Kier alpha value is -2.33. The van der Waals surface area contributed by atoms with Gasteiger partial charge in [-0.1, -0.05) is 30.7 Å². The molecule has 0 saturated carbocycles. The fourth-order valence-electron chi connectivity index (χ4n) is 3.80. The quantitative estimate of drug-likeness (QED) is 0.830. The van der Waals surface area contributed by atoms with Crippen molar-refractivity contribution in [3.8, 4) is 5.75 Å². The maximum Gasteiger partial charge on any atom is 0.251 e. The number of amides is 1. The molecular weight excluding hydrogens is 336 g/mol. The lowest BCUT2D eigenvalue weighted by Crippen LogP contribution is -2.40. The lowest BCUT2D eigenvalue weighted by atomic mass is 10.0. The molecule has 1 saturated heterocycles. The van der Waals surface area contributed by atoms with E-state index < -0.39 is 0 Å². The Morgan fingerprint density at radius 2 is 1.78 bits per heavy atom. The normalized spacial score (nSPS) is 16.0. The lowest BCUT2D eigenvalue weighted by molar-refractivity contribution is 0.0923. The Kier molecular flexibility index (Phi) is 6.51. The third-order valence-electron chi connectivity index (χ3n) is 5.64. The number of methoxy groups -OCH3 is 1. The topological polar surface area (TPSA) is 41.6 Å². The van der Waals surface area contributed by atoms with Gasteiger partial charge in [0.1, 0.15) is 5.75 Å². The summed E-state index contributed by atoms with van der Waals surface area (Å²) in [4.78, 5) is 15.3. The minimum atomic E-state index is 0.00622. The van der Waals surface area contributed by atoms with Gasteiger partial charge in [0, 0.05) is 12.1 Å². The van der Waals surface area contributed by atoms with E-state index in [0.717, 1.165) is 35.5 Å². The zero-order valence-electron chi connectivity index (χ0n) is 16.6. The molecule has 2 aromatic carbocycles. The van der Waals surface area contributed by atoms with E-state index >= 15 is 0 Å². The first-order valence-corrected chi connectivity index (χ1v) is 9.82. The van der Waals surface area contributed by atoms with E-state index in [1.807, 2.05) is 44.2 Å². The van der Waals surface area contributed by atoms with Crippen LogP contribution in [0.15, 0.2) is 42.5 Å². The molecule has 1 unspecified atom stereocenters. The second-order valence-corrected chi connectivity index (χ2v) is 7.34. The van der Waals surface area contributed by atoms with Crippen molar-refractivity contribution in [2.24, 2.45) is 0 Å². The number of ether oxygens (including phenoxy) is 1. The van der Waals surface area contributed by atoms with Gasteiger partial charge in [0.05, 0.1) is 13.2 Å². The van der Waals surface area contributed by atoms with Gasteiger partial charge in [0.2, 0.25) is 0 Å². The van der Waals surface area contributed by atoms with Crippen molar-refractivity contribution in [2.75, 3.05) is 26.7 Å². The summed E-state index contributed by atoms with van der Waals surface area (Å²) < 4.78 is 5.29. The number of likely N-dealkylation sites (tertiary alicyclic amines) is 1. The fourth-order valence-corrected chi connectivity index (χ4v) is 3.80. The van der Waals surface area contributed by atoms with Gasteiger partial charge >= 0.3 is 0 Å². The van der Waals surface area contributed by atoms with Gasteiger partial charge in [-0.3, -0.25) is 9.69 Å². The number of hydrogen-bond acceptors (Lipinski definition) is 3. The summed E-state index contributed by atoms with van der Waals surface area (Å²) in [5.41, 5.74) is 4.18. The minimum Gasteiger partial charge on any atom is -0.497 e. The van der Waals surface area contributed by atoms with E-state index in [-0.39, 0.29) is 11.9 Å². The van der Waals surface area contributed by atoms with Gasteiger partial charge in [0.15, 0.2) is 0 Å². The van der Waals surface area contributed by atoms with Crippen LogP contribution in [0.25, 0.3) is 0 Å². The Morgan fingerprint density at radius 3 is 2.44 bits per heavy atom. The highest BCUT2D eigenvalue weighted by atomic mass is 16.5. The highest BCUT2D eigenvalue weighted by molar-refractivity contribution is 5.95. The molecule has 0 radical (unpaired) electrons. The number of rotatable bonds is 6. The molecule has 0 bridgehead atoms. The third-order valence-corrected chi connectivity index (χ3v) is 5.64. The van der Waals surface area contributed by atoms with E-state index in [9.17, 15) is 4.79 Å². The largest absolute Gasteiger partial charge is 0.497 e. The number of piperidine rings is 1. The van der Waals surface area contributed by atoms with Gasteiger partial charge in [-0.25, -0.2) is 0 Å². The molecule has 1 amide bonds. The smallest absolute Gasteiger partial charge is 0.251 e. The molecule has 0 aromatic heterocycles. The molecule has 1 fully saturated rings. The number of aryl methyl sites for hydroxylation is 1. The minimum absolute atomic E-state index is 0.00622. The number of hydrogen-bond donors (Lipinski definition) is 1. The SMILES string of the molecule is COc1ccc(C(CNC(=O)c2cccc(C)c2C)N2CCCCC2)cc1. The molecule has 3 rings (SSSR count). The molecule has 27 heavy (non-hydrogen) atoms. The van der Waals surface area contributed by atoms with Crippen molar-refractivity contribution in [3.63, 3.8) is 0 Å². The average molecular weight is 367 g/mol. The van der Waals surface area contributed by atoms with Crippen molar-refractivity contribution in [1.82, 2.24) is 10.2 Å². The van der Waals surface area contributed by atoms with E-state index in [1.165, 1.54) is 24.8 Å². The molecule has 1 heterocycles. The van der Waals surface area contributed by atoms with Crippen molar-refractivity contribution in [3.05, 3.63) is 64.7 Å². The first-order valence-electron chi connectivity index (χ1n) is 9.82. The first kappa shape index (κ1) is 19.4. The molecule has 0 aliphatic carbocycles. The maximum atomic E-state index is 12.8. The predicted octanol–water partition coefficient (Wildman–Crippen LogP) is 4.27. The summed E-state index contributed by atoms with van der Waals surface area (Å²) in [7, 11) is 1.68. The second kappa shape index (κ2) is 9.05. The molecule has 1 N–H and O–H groups in total. The highest BCUT2D eigenvalue weighted by Crippen LogP contribution is 2.26. The molecule has 1 aliphatic heterocycles. The average Bonchev–Trinajstić information content (AvgIpc) is 2.71. The summed E-state index contributed by atoms with van der Waals surface area (Å²) >= 11 is 0. The fraction of sp³-hybridized carbons (Fsp3) is 0.435. The summed E-state index contributed by atoms with van der Waals surface area (Å²) in [6.45, 7) is 6.82. The van der Waals surface area contributed by atoms with Gasteiger partial charge in [0.25, 0.3) is 5.91 Å². The molecule has 1 aliphatic rings. The van der Waals surface area contributed by atoms with Crippen LogP contribution in [0.5, 0.6) is 5.75 Å². The molecule has 4 nitrogen and oxygen atoms in total. The number of nitrogens with zero attached hydrogens (tertiary/aromatic N) is 1. The summed E-state index contributed by atoms with van der Waals surface area (Å²) in [5.74, 6) is 0.863. The summed E-state index contributed by atoms with van der Waals surface area (Å²) in [6.07, 6.45) is 3.73. The van der Waals surface area contributed by atoms with Gasteiger partial charge in [-0.15, -0.1) is 0 Å². The van der Waals surface area contributed by atoms with Crippen LogP contribution in [0.2, 0.25) is 0 Å². The van der Waals surface area contributed by atoms with Crippen LogP contribution < -0.4 is 10.1 Å². The Morgan fingerprint density at radius 1 is 1.07 bits per heavy atom. The molecule has 4 heteroatoms. The van der Waals surface area contributed by atoms with Gasteiger partial charge < -0.3 is 10.1 Å². The number of nitrogens with one attached hydrogen (secondary N) is 1. The predicted molar refractivity (Wildman–Crippen MR) is 109 cm³/mol. The van der Waals surface area contributed by atoms with E-state index in [4.69, 9.17) is 4.74 Å². The third kappa shape index (κ3) is 4.69. The highest BCUT2D eigenvalue weighted by Gasteiger charge is 2.23. The number of benzene rings is 2. The molecule has 1 atom stereocenters. The maximum absolute atomic E-state index is 12.8. The zero-order valence-corrected chi connectivity index (χ0v) is 16.6. The first-order chi connectivity index (χ1) is 13.1. The van der Waals surface area contributed by atoms with Crippen LogP contribution in [0.3, 0.4) is 0 Å². The van der Waals surface area contributed by atoms with Gasteiger partial charge in [-0.2, -0.15) is 0 Å². The van der Waals surface area contributed by atoms with Crippen molar-refractivity contribution >= 4 is 5.91 Å². The van der Waals surface area contributed by atoms with Crippen LogP contribution in [0.1, 0.15) is 52.4 Å². The second-order valence-electron chi connectivity index (χ2n) is 7.34. The molecular formula is C23H30N2O2. The van der Waals surface area contributed by atoms with Gasteiger partial charge in [-0.05, 0) is 74.7 Å². The van der Waals surface area contributed by atoms with Crippen LogP contribution in [-0.4, -0.2) is 37.6 Å². The van der Waals surface area contributed by atoms with E-state index in [0.29, 0.717) is 6.54 Å². The number of carbonyl (C=O) groups excluding carboxylic acids is 1. The Balaban J connectivity index is 1.76. The van der Waals surface area contributed by atoms with Crippen molar-refractivity contribution in [1.29, 1.82) is 0 Å². The Bertz CT molecular complexity index is 764. The van der Waals surface area contributed by atoms with E-state index in [2.05, 4.69) is 22.3 Å². The summed E-state index contributed by atoms with van der Waals surface area (Å²) in [6, 6.07) is 14.3. The molecule has 144 valence electrons. The lowest BCUT2D eigenvalue weighted by Gasteiger charge is -2.35.